The first kappa shape index (κ1) is 12.8. The highest BCUT2D eigenvalue weighted by Crippen LogP contribution is 2.27. The summed E-state index contributed by atoms with van der Waals surface area (Å²) in [6.45, 7) is 1.49. The molecule has 5 heteroatoms. The Labute approximate surface area is 87.9 Å². The van der Waals surface area contributed by atoms with Crippen molar-refractivity contribution in [2.24, 2.45) is 5.92 Å². The van der Waals surface area contributed by atoms with Crippen LogP contribution in [0.5, 0.6) is 0 Å². The Kier molecular flexibility index (Phi) is 4.40. The minimum absolute atomic E-state index is 0.0597. The highest BCUT2D eigenvalue weighted by Gasteiger charge is 2.38. The van der Waals surface area contributed by atoms with Crippen LogP contribution in [0.2, 0.25) is 0 Å². The molecule has 1 aliphatic rings. The van der Waals surface area contributed by atoms with E-state index in [1.807, 2.05) is 6.92 Å². The van der Waals surface area contributed by atoms with Crippen molar-refractivity contribution in [3.8, 4) is 0 Å². The standard InChI is InChI=1S/C10H18F3NO/c1-7(8-4-2-3-5-8)14-6-9(15)10(11,12)13/h7-9,14-15H,2-6H2,1H3/t7-,9?/m0/s1. The van der Waals surface area contributed by atoms with Gasteiger partial charge >= 0.3 is 6.18 Å². The van der Waals surface area contributed by atoms with Crippen LogP contribution in [0.1, 0.15) is 32.6 Å². The van der Waals surface area contributed by atoms with Gasteiger partial charge in [0.25, 0.3) is 0 Å². The van der Waals surface area contributed by atoms with Gasteiger partial charge in [0.15, 0.2) is 6.10 Å². The number of nitrogens with one attached hydrogen (secondary N) is 1. The molecule has 90 valence electrons. The minimum atomic E-state index is -4.51. The van der Waals surface area contributed by atoms with Crippen molar-refractivity contribution in [3.63, 3.8) is 0 Å². The van der Waals surface area contributed by atoms with E-state index in [0.29, 0.717) is 5.92 Å². The molecule has 2 nitrogen and oxygen atoms in total. The number of aliphatic hydroxyl groups is 1. The fraction of sp³-hybridized carbons (Fsp3) is 1.00. The molecule has 0 aromatic heterocycles. The maximum Gasteiger partial charge on any atom is 0.415 e. The van der Waals surface area contributed by atoms with Crippen LogP contribution >= 0.6 is 0 Å². The van der Waals surface area contributed by atoms with Crippen molar-refractivity contribution in [2.45, 2.75) is 50.9 Å². The molecule has 2 N–H and O–H groups in total. The zero-order valence-corrected chi connectivity index (χ0v) is 8.85. The largest absolute Gasteiger partial charge is 0.415 e. The maximum absolute atomic E-state index is 12.0. The van der Waals surface area contributed by atoms with Gasteiger partial charge in [-0.1, -0.05) is 12.8 Å². The molecule has 0 saturated heterocycles. The second kappa shape index (κ2) is 5.16. The molecule has 0 spiro atoms. The van der Waals surface area contributed by atoms with E-state index in [-0.39, 0.29) is 6.04 Å². The summed E-state index contributed by atoms with van der Waals surface area (Å²) >= 11 is 0. The first-order chi connectivity index (χ1) is 6.91. The van der Waals surface area contributed by atoms with E-state index in [1.165, 1.54) is 12.8 Å². The van der Waals surface area contributed by atoms with E-state index in [9.17, 15) is 13.2 Å². The lowest BCUT2D eigenvalue weighted by atomic mass is 10.00. The summed E-state index contributed by atoms with van der Waals surface area (Å²) in [7, 11) is 0. The number of halogens is 3. The Morgan fingerprint density at radius 1 is 1.33 bits per heavy atom. The molecular weight excluding hydrogens is 207 g/mol. The van der Waals surface area contributed by atoms with E-state index in [2.05, 4.69) is 5.32 Å². The van der Waals surface area contributed by atoms with E-state index in [4.69, 9.17) is 5.11 Å². The SMILES string of the molecule is C[C@H](NCC(O)C(F)(F)F)C1CCCC1. The third-order valence-corrected chi connectivity index (χ3v) is 3.12. The number of rotatable bonds is 4. The van der Waals surface area contributed by atoms with Gasteiger partial charge in [0.2, 0.25) is 0 Å². The van der Waals surface area contributed by atoms with Crippen molar-refractivity contribution < 1.29 is 18.3 Å². The summed E-state index contributed by atoms with van der Waals surface area (Å²) in [6.07, 6.45) is -2.27. The highest BCUT2D eigenvalue weighted by molar-refractivity contribution is 4.79. The smallest absolute Gasteiger partial charge is 0.382 e. The summed E-state index contributed by atoms with van der Waals surface area (Å²) in [5.41, 5.74) is 0. The Morgan fingerprint density at radius 2 is 1.87 bits per heavy atom. The van der Waals surface area contributed by atoms with Crippen LogP contribution in [0.4, 0.5) is 13.2 Å². The van der Waals surface area contributed by atoms with Crippen LogP contribution in [0.25, 0.3) is 0 Å². The van der Waals surface area contributed by atoms with E-state index in [1.54, 1.807) is 0 Å². The topological polar surface area (TPSA) is 32.3 Å². The summed E-state index contributed by atoms with van der Waals surface area (Å²) in [5, 5.41) is 11.6. The lowest BCUT2D eigenvalue weighted by Gasteiger charge is -2.23. The van der Waals surface area contributed by atoms with Gasteiger partial charge in [-0.05, 0) is 25.7 Å². The quantitative estimate of drug-likeness (QED) is 0.767. The molecule has 0 aliphatic heterocycles. The van der Waals surface area contributed by atoms with Crippen molar-refractivity contribution in [1.82, 2.24) is 5.32 Å². The molecule has 1 aliphatic carbocycles. The van der Waals surface area contributed by atoms with Gasteiger partial charge in [-0.15, -0.1) is 0 Å². The zero-order chi connectivity index (χ0) is 11.5. The maximum atomic E-state index is 12.0. The Balaban J connectivity index is 2.24. The van der Waals surface area contributed by atoms with Crippen molar-refractivity contribution >= 4 is 0 Å². The fourth-order valence-corrected chi connectivity index (χ4v) is 2.04. The van der Waals surface area contributed by atoms with Gasteiger partial charge in [-0.2, -0.15) is 13.2 Å². The molecule has 1 unspecified atom stereocenters. The van der Waals surface area contributed by atoms with Crippen LogP contribution < -0.4 is 5.32 Å². The molecule has 2 atom stereocenters. The van der Waals surface area contributed by atoms with E-state index >= 15 is 0 Å². The Morgan fingerprint density at radius 3 is 2.33 bits per heavy atom. The van der Waals surface area contributed by atoms with Gasteiger partial charge < -0.3 is 10.4 Å². The molecule has 1 rings (SSSR count). The monoisotopic (exact) mass is 225 g/mol. The van der Waals surface area contributed by atoms with E-state index in [0.717, 1.165) is 12.8 Å². The van der Waals surface area contributed by atoms with Crippen LogP contribution in [0.15, 0.2) is 0 Å². The number of hydrogen-bond acceptors (Lipinski definition) is 2. The molecule has 1 saturated carbocycles. The third-order valence-electron chi connectivity index (χ3n) is 3.12. The normalized spacial score (nSPS) is 23.0. The average molecular weight is 225 g/mol. The van der Waals surface area contributed by atoms with Crippen molar-refractivity contribution in [2.75, 3.05) is 6.54 Å². The van der Waals surface area contributed by atoms with Crippen LogP contribution in [0.3, 0.4) is 0 Å². The summed E-state index contributed by atoms with van der Waals surface area (Å²) in [6, 6.07) is 0.0597. The van der Waals surface area contributed by atoms with Gasteiger partial charge in [0.1, 0.15) is 0 Å². The number of aliphatic hydroxyl groups excluding tert-OH is 1. The fourth-order valence-electron chi connectivity index (χ4n) is 2.04. The Bertz CT molecular complexity index is 190. The first-order valence-corrected chi connectivity index (χ1v) is 5.39. The summed E-state index contributed by atoms with van der Waals surface area (Å²) < 4.78 is 36.0. The molecule has 0 aromatic carbocycles. The molecule has 0 aromatic rings. The third kappa shape index (κ3) is 3.99. The van der Waals surface area contributed by atoms with Gasteiger partial charge in [0, 0.05) is 12.6 Å². The van der Waals surface area contributed by atoms with Gasteiger partial charge in [-0.25, -0.2) is 0 Å². The molecular formula is C10H18F3NO. The molecule has 0 bridgehead atoms. The van der Waals surface area contributed by atoms with Crippen LogP contribution in [-0.2, 0) is 0 Å². The minimum Gasteiger partial charge on any atom is -0.382 e. The zero-order valence-electron chi connectivity index (χ0n) is 8.85. The molecule has 0 amide bonds. The molecule has 0 radical (unpaired) electrons. The molecule has 15 heavy (non-hydrogen) atoms. The second-order valence-electron chi connectivity index (χ2n) is 4.30. The predicted octanol–water partition coefficient (Wildman–Crippen LogP) is 2.08. The summed E-state index contributed by atoms with van der Waals surface area (Å²) in [5.74, 6) is 0.463. The van der Waals surface area contributed by atoms with Crippen molar-refractivity contribution in [3.05, 3.63) is 0 Å². The predicted molar refractivity (Wildman–Crippen MR) is 51.5 cm³/mol. The number of hydrogen-bond donors (Lipinski definition) is 2. The number of alkyl halides is 3. The molecule has 1 fully saturated rings. The average Bonchev–Trinajstić information content (AvgIpc) is 2.64. The lowest BCUT2D eigenvalue weighted by molar-refractivity contribution is -0.202. The first-order valence-electron chi connectivity index (χ1n) is 5.39. The second-order valence-corrected chi connectivity index (χ2v) is 4.30. The lowest BCUT2D eigenvalue weighted by Crippen LogP contribution is -2.43. The van der Waals surface area contributed by atoms with E-state index < -0.39 is 18.8 Å². The molecule has 0 heterocycles. The van der Waals surface area contributed by atoms with Crippen LogP contribution in [-0.4, -0.2) is 30.0 Å². The summed E-state index contributed by atoms with van der Waals surface area (Å²) in [4.78, 5) is 0. The van der Waals surface area contributed by atoms with Crippen molar-refractivity contribution in [1.29, 1.82) is 0 Å². The highest BCUT2D eigenvalue weighted by atomic mass is 19.4. The van der Waals surface area contributed by atoms with Gasteiger partial charge in [-0.3, -0.25) is 0 Å². The van der Waals surface area contributed by atoms with Gasteiger partial charge in [0.05, 0.1) is 0 Å². The Hall–Kier alpha value is -0.290. The van der Waals surface area contributed by atoms with Crippen LogP contribution in [0, 0.1) is 5.92 Å².